The van der Waals surface area contributed by atoms with Gasteiger partial charge >= 0.3 is 5.97 Å². The van der Waals surface area contributed by atoms with Crippen LogP contribution in [0.4, 0.5) is 0 Å². The molecule has 0 saturated heterocycles. The average molecular weight is 256 g/mol. The molecule has 1 fully saturated rings. The van der Waals surface area contributed by atoms with Gasteiger partial charge in [-0.25, -0.2) is 0 Å². The zero-order chi connectivity index (χ0) is 13.2. The van der Waals surface area contributed by atoms with E-state index >= 15 is 0 Å². The molecular formula is C15H16N2O2. The number of aliphatic carboxylic acids is 1. The zero-order valence-corrected chi connectivity index (χ0v) is 10.6. The molecule has 0 amide bonds. The van der Waals surface area contributed by atoms with Crippen LogP contribution in [0.1, 0.15) is 18.5 Å². The van der Waals surface area contributed by atoms with Crippen LogP contribution >= 0.6 is 0 Å². The van der Waals surface area contributed by atoms with Crippen molar-refractivity contribution in [2.24, 2.45) is 0 Å². The molecule has 98 valence electrons. The normalized spacial score (nSPS) is 15.0. The Kier molecular flexibility index (Phi) is 3.17. The summed E-state index contributed by atoms with van der Waals surface area (Å²) in [7, 11) is 0. The number of carbonyl (C=O) groups is 1. The SMILES string of the molecule is O=C(O)CN(Cc1ccc2ccccc2n1)C1CC1. The Morgan fingerprint density at radius 1 is 1.26 bits per heavy atom. The fraction of sp³-hybridized carbons (Fsp3) is 0.333. The Labute approximate surface area is 111 Å². The van der Waals surface area contributed by atoms with Crippen molar-refractivity contribution in [3.05, 3.63) is 42.1 Å². The van der Waals surface area contributed by atoms with Crippen molar-refractivity contribution in [2.75, 3.05) is 6.54 Å². The second-order valence-corrected chi connectivity index (χ2v) is 5.03. The Balaban J connectivity index is 1.80. The van der Waals surface area contributed by atoms with E-state index in [1.807, 2.05) is 41.3 Å². The summed E-state index contributed by atoms with van der Waals surface area (Å²) >= 11 is 0. The van der Waals surface area contributed by atoms with Crippen molar-refractivity contribution in [1.82, 2.24) is 9.88 Å². The standard InChI is InChI=1S/C15H16N2O2/c18-15(19)10-17(13-7-8-13)9-12-6-5-11-3-1-2-4-14(11)16-12/h1-6,13H,7-10H2,(H,18,19). The average Bonchev–Trinajstić information content (AvgIpc) is 3.21. The zero-order valence-electron chi connectivity index (χ0n) is 10.6. The maximum absolute atomic E-state index is 10.9. The summed E-state index contributed by atoms with van der Waals surface area (Å²) in [6.45, 7) is 0.709. The summed E-state index contributed by atoms with van der Waals surface area (Å²) in [6.07, 6.45) is 2.20. The highest BCUT2D eigenvalue weighted by atomic mass is 16.4. The summed E-state index contributed by atoms with van der Waals surface area (Å²) in [6, 6.07) is 12.4. The number of aromatic nitrogens is 1. The molecule has 19 heavy (non-hydrogen) atoms. The van der Waals surface area contributed by atoms with Crippen LogP contribution in [0.5, 0.6) is 0 Å². The maximum atomic E-state index is 10.9. The van der Waals surface area contributed by atoms with Gasteiger partial charge in [0.1, 0.15) is 0 Å². The fourth-order valence-electron chi connectivity index (χ4n) is 2.33. The van der Waals surface area contributed by atoms with Crippen LogP contribution < -0.4 is 0 Å². The highest BCUT2D eigenvalue weighted by Gasteiger charge is 2.30. The minimum atomic E-state index is -0.771. The van der Waals surface area contributed by atoms with E-state index in [2.05, 4.69) is 4.98 Å². The van der Waals surface area contributed by atoms with Crippen molar-refractivity contribution >= 4 is 16.9 Å². The van der Waals surface area contributed by atoms with Gasteiger partial charge in [0, 0.05) is 18.0 Å². The molecule has 1 aromatic carbocycles. The Bertz CT molecular complexity index is 608. The van der Waals surface area contributed by atoms with E-state index in [1.54, 1.807) is 0 Å². The molecule has 2 aromatic rings. The van der Waals surface area contributed by atoms with Gasteiger partial charge in [0.2, 0.25) is 0 Å². The van der Waals surface area contributed by atoms with Crippen LogP contribution in [0.25, 0.3) is 10.9 Å². The molecule has 0 spiro atoms. The van der Waals surface area contributed by atoms with E-state index in [4.69, 9.17) is 5.11 Å². The van der Waals surface area contributed by atoms with Crippen LogP contribution in [-0.2, 0) is 11.3 Å². The largest absolute Gasteiger partial charge is 0.480 e. The predicted molar refractivity (Wildman–Crippen MR) is 72.8 cm³/mol. The van der Waals surface area contributed by atoms with Crippen LogP contribution in [0, 0.1) is 0 Å². The second kappa shape index (κ2) is 4.97. The third kappa shape index (κ3) is 2.90. The lowest BCUT2D eigenvalue weighted by Crippen LogP contribution is -2.31. The Morgan fingerprint density at radius 2 is 2.05 bits per heavy atom. The molecule has 1 saturated carbocycles. The van der Waals surface area contributed by atoms with Crippen molar-refractivity contribution in [3.8, 4) is 0 Å². The molecule has 1 aliphatic carbocycles. The smallest absolute Gasteiger partial charge is 0.317 e. The van der Waals surface area contributed by atoms with Crippen LogP contribution in [0.3, 0.4) is 0 Å². The topological polar surface area (TPSA) is 53.4 Å². The third-order valence-electron chi connectivity index (χ3n) is 3.42. The summed E-state index contributed by atoms with van der Waals surface area (Å²) in [5.74, 6) is -0.771. The number of para-hydroxylation sites is 1. The van der Waals surface area contributed by atoms with Crippen molar-refractivity contribution in [2.45, 2.75) is 25.4 Å². The molecular weight excluding hydrogens is 240 g/mol. The molecule has 4 nitrogen and oxygen atoms in total. The molecule has 0 unspecified atom stereocenters. The third-order valence-corrected chi connectivity index (χ3v) is 3.42. The monoisotopic (exact) mass is 256 g/mol. The van der Waals surface area contributed by atoms with Gasteiger partial charge < -0.3 is 5.11 Å². The number of fused-ring (bicyclic) bond motifs is 1. The van der Waals surface area contributed by atoms with E-state index in [9.17, 15) is 4.79 Å². The van der Waals surface area contributed by atoms with Crippen LogP contribution in [0.2, 0.25) is 0 Å². The first kappa shape index (κ1) is 12.1. The van der Waals surface area contributed by atoms with E-state index < -0.39 is 5.97 Å². The van der Waals surface area contributed by atoms with Gasteiger partial charge in [0.15, 0.2) is 0 Å². The quantitative estimate of drug-likeness (QED) is 0.891. The number of hydrogen-bond donors (Lipinski definition) is 1. The van der Waals surface area contributed by atoms with Crippen molar-refractivity contribution in [1.29, 1.82) is 0 Å². The molecule has 0 aliphatic heterocycles. The highest BCUT2D eigenvalue weighted by Crippen LogP contribution is 2.28. The van der Waals surface area contributed by atoms with Gasteiger partial charge in [-0.05, 0) is 25.0 Å². The first-order chi connectivity index (χ1) is 9.22. The molecule has 1 aromatic heterocycles. The predicted octanol–water partition coefficient (Wildman–Crippen LogP) is 2.28. The molecule has 0 radical (unpaired) electrons. The van der Waals surface area contributed by atoms with E-state index in [-0.39, 0.29) is 6.54 Å². The minimum absolute atomic E-state index is 0.0964. The maximum Gasteiger partial charge on any atom is 0.317 e. The molecule has 3 rings (SSSR count). The first-order valence-electron chi connectivity index (χ1n) is 6.53. The van der Waals surface area contributed by atoms with Gasteiger partial charge in [-0.1, -0.05) is 24.3 Å². The van der Waals surface area contributed by atoms with Crippen molar-refractivity contribution in [3.63, 3.8) is 0 Å². The van der Waals surface area contributed by atoms with E-state index in [0.717, 1.165) is 29.4 Å². The molecule has 1 heterocycles. The van der Waals surface area contributed by atoms with Gasteiger partial charge in [0.25, 0.3) is 0 Å². The number of hydrogen-bond acceptors (Lipinski definition) is 3. The molecule has 1 aliphatic rings. The fourth-order valence-corrected chi connectivity index (χ4v) is 2.33. The van der Waals surface area contributed by atoms with Gasteiger partial charge in [-0.3, -0.25) is 14.7 Å². The summed E-state index contributed by atoms with van der Waals surface area (Å²) in [5, 5.41) is 10.1. The summed E-state index contributed by atoms with van der Waals surface area (Å²) in [5.41, 5.74) is 1.90. The number of carboxylic acid groups (broad SMARTS) is 1. The summed E-state index contributed by atoms with van der Waals surface area (Å²) < 4.78 is 0. The van der Waals surface area contributed by atoms with Gasteiger partial charge in [0.05, 0.1) is 17.8 Å². The molecule has 0 atom stereocenters. The minimum Gasteiger partial charge on any atom is -0.480 e. The van der Waals surface area contributed by atoms with Crippen LogP contribution in [0.15, 0.2) is 36.4 Å². The lowest BCUT2D eigenvalue weighted by Gasteiger charge is -2.19. The number of benzene rings is 1. The van der Waals surface area contributed by atoms with E-state index in [1.165, 1.54) is 0 Å². The van der Waals surface area contributed by atoms with Gasteiger partial charge in [-0.2, -0.15) is 0 Å². The highest BCUT2D eigenvalue weighted by molar-refractivity contribution is 5.78. The Morgan fingerprint density at radius 3 is 2.79 bits per heavy atom. The summed E-state index contributed by atoms with van der Waals surface area (Å²) in [4.78, 5) is 17.5. The number of pyridine rings is 1. The lowest BCUT2D eigenvalue weighted by molar-refractivity contribution is -0.138. The lowest BCUT2D eigenvalue weighted by atomic mass is 10.2. The van der Waals surface area contributed by atoms with Crippen molar-refractivity contribution < 1.29 is 9.90 Å². The van der Waals surface area contributed by atoms with Crippen LogP contribution in [-0.4, -0.2) is 33.5 Å². The number of carboxylic acids is 1. The second-order valence-electron chi connectivity index (χ2n) is 5.03. The van der Waals surface area contributed by atoms with E-state index in [0.29, 0.717) is 12.6 Å². The van der Waals surface area contributed by atoms with Gasteiger partial charge in [-0.15, -0.1) is 0 Å². The molecule has 1 N–H and O–H groups in total. The Hall–Kier alpha value is -1.94. The molecule has 0 bridgehead atoms. The molecule has 4 heteroatoms. The number of rotatable bonds is 5. The number of nitrogens with zero attached hydrogens (tertiary/aromatic N) is 2. The first-order valence-corrected chi connectivity index (χ1v) is 6.53.